The van der Waals surface area contributed by atoms with Crippen LogP contribution in [0.2, 0.25) is 0 Å². The zero-order valence-electron chi connectivity index (χ0n) is 13.2. The van der Waals surface area contributed by atoms with Gasteiger partial charge in [0.25, 0.3) is 0 Å². The highest BCUT2D eigenvalue weighted by Gasteiger charge is 2.13. The van der Waals surface area contributed by atoms with Crippen molar-refractivity contribution in [2.45, 2.75) is 53.0 Å². The van der Waals surface area contributed by atoms with E-state index in [2.05, 4.69) is 19.2 Å². The van der Waals surface area contributed by atoms with Crippen LogP contribution in [0.15, 0.2) is 0 Å². The third-order valence-electron chi connectivity index (χ3n) is 2.65. The molecule has 116 valence electrons. The minimum absolute atomic E-state index is 0.0323. The van der Waals surface area contributed by atoms with E-state index in [0.717, 1.165) is 13.0 Å². The molecule has 0 amide bonds. The average Bonchev–Trinajstić information content (AvgIpc) is 2.20. The summed E-state index contributed by atoms with van der Waals surface area (Å²) in [5.41, 5.74) is -0.0323. The van der Waals surface area contributed by atoms with Crippen LogP contribution in [0.4, 0.5) is 0 Å². The first-order valence-electron chi connectivity index (χ1n) is 7.15. The SMILES string of the molecule is CC(C)CCOCCCS(=O)(=O)CCNC(C)(C)C. The van der Waals surface area contributed by atoms with Crippen LogP contribution in [0, 0.1) is 5.92 Å². The minimum atomic E-state index is -2.95. The van der Waals surface area contributed by atoms with E-state index in [1.54, 1.807) is 0 Å². The molecule has 19 heavy (non-hydrogen) atoms. The molecule has 4 nitrogen and oxygen atoms in total. The number of hydrogen-bond acceptors (Lipinski definition) is 4. The molecule has 0 radical (unpaired) electrons. The van der Waals surface area contributed by atoms with Gasteiger partial charge < -0.3 is 10.1 Å². The second-order valence-electron chi connectivity index (χ2n) is 6.48. The second kappa shape index (κ2) is 8.93. The molecule has 0 spiro atoms. The number of sulfone groups is 1. The molecule has 0 aromatic heterocycles. The van der Waals surface area contributed by atoms with Crippen LogP contribution in [0.3, 0.4) is 0 Å². The molecule has 0 aromatic carbocycles. The lowest BCUT2D eigenvalue weighted by Crippen LogP contribution is -2.39. The van der Waals surface area contributed by atoms with Crippen LogP contribution in [-0.2, 0) is 14.6 Å². The summed E-state index contributed by atoms with van der Waals surface area (Å²) in [5, 5.41) is 3.19. The van der Waals surface area contributed by atoms with E-state index in [9.17, 15) is 8.42 Å². The summed E-state index contributed by atoms with van der Waals surface area (Å²) in [6.45, 7) is 12.2. The van der Waals surface area contributed by atoms with E-state index in [0.29, 0.717) is 25.5 Å². The maximum absolute atomic E-state index is 11.8. The topological polar surface area (TPSA) is 55.4 Å². The monoisotopic (exact) mass is 293 g/mol. The fourth-order valence-electron chi connectivity index (χ4n) is 1.49. The van der Waals surface area contributed by atoms with Crippen molar-refractivity contribution in [3.8, 4) is 0 Å². The number of hydrogen-bond donors (Lipinski definition) is 1. The second-order valence-corrected chi connectivity index (χ2v) is 8.78. The number of rotatable bonds is 10. The first-order valence-corrected chi connectivity index (χ1v) is 8.98. The Labute approximate surface area is 119 Å². The largest absolute Gasteiger partial charge is 0.381 e. The van der Waals surface area contributed by atoms with Crippen LogP contribution in [-0.4, -0.2) is 45.2 Å². The van der Waals surface area contributed by atoms with E-state index >= 15 is 0 Å². The van der Waals surface area contributed by atoms with Crippen molar-refractivity contribution in [2.75, 3.05) is 31.3 Å². The predicted octanol–water partition coefficient (Wildman–Crippen LogP) is 2.24. The standard InChI is InChI=1S/C14H31NO3S/c1-13(2)7-10-18-9-6-11-19(16,17)12-8-15-14(3,4)5/h13,15H,6-12H2,1-5H3. The Morgan fingerprint density at radius 1 is 1.11 bits per heavy atom. The number of nitrogens with one attached hydrogen (secondary N) is 1. The molecule has 0 fully saturated rings. The first kappa shape index (κ1) is 18.9. The van der Waals surface area contributed by atoms with Gasteiger partial charge in [0, 0.05) is 25.3 Å². The molecule has 5 heteroatoms. The van der Waals surface area contributed by atoms with Crippen molar-refractivity contribution in [3.63, 3.8) is 0 Å². The summed E-state index contributed by atoms with van der Waals surface area (Å²) < 4.78 is 28.9. The van der Waals surface area contributed by atoms with E-state index in [4.69, 9.17) is 4.74 Å². The molecule has 1 N–H and O–H groups in total. The highest BCUT2D eigenvalue weighted by Crippen LogP contribution is 2.01. The fraction of sp³-hybridized carbons (Fsp3) is 1.00. The lowest BCUT2D eigenvalue weighted by Gasteiger charge is -2.20. The minimum Gasteiger partial charge on any atom is -0.381 e. The fourth-order valence-corrected chi connectivity index (χ4v) is 2.66. The molecule has 0 aliphatic rings. The lowest BCUT2D eigenvalue weighted by molar-refractivity contribution is 0.124. The van der Waals surface area contributed by atoms with Crippen molar-refractivity contribution in [1.82, 2.24) is 5.32 Å². The van der Waals surface area contributed by atoms with Crippen molar-refractivity contribution in [3.05, 3.63) is 0 Å². The van der Waals surface area contributed by atoms with Gasteiger partial charge in [-0.3, -0.25) is 0 Å². The molecule has 0 heterocycles. The van der Waals surface area contributed by atoms with Crippen LogP contribution >= 0.6 is 0 Å². The Hall–Kier alpha value is -0.130. The molecule has 0 saturated heterocycles. The summed E-state index contributed by atoms with van der Waals surface area (Å²) in [5.74, 6) is 1.06. The van der Waals surface area contributed by atoms with E-state index in [-0.39, 0.29) is 17.0 Å². The maximum atomic E-state index is 11.8. The first-order chi connectivity index (χ1) is 8.62. The van der Waals surface area contributed by atoms with Gasteiger partial charge in [0.05, 0.1) is 11.5 Å². The molecule has 0 unspecified atom stereocenters. The molecule has 0 rings (SSSR count). The van der Waals surface area contributed by atoms with Crippen molar-refractivity contribution in [2.24, 2.45) is 5.92 Å². The summed E-state index contributed by atoms with van der Waals surface area (Å²) >= 11 is 0. The van der Waals surface area contributed by atoms with E-state index in [1.165, 1.54) is 0 Å². The van der Waals surface area contributed by atoms with Crippen LogP contribution in [0.5, 0.6) is 0 Å². The zero-order chi connectivity index (χ0) is 14.9. The Bertz CT molecular complexity index is 318. The molecule has 0 bridgehead atoms. The highest BCUT2D eigenvalue weighted by molar-refractivity contribution is 7.91. The van der Waals surface area contributed by atoms with Gasteiger partial charge in [-0.2, -0.15) is 0 Å². The van der Waals surface area contributed by atoms with E-state index in [1.807, 2.05) is 20.8 Å². The quantitative estimate of drug-likeness (QED) is 0.628. The normalized spacial score (nSPS) is 13.2. The van der Waals surface area contributed by atoms with Crippen LogP contribution in [0.25, 0.3) is 0 Å². The van der Waals surface area contributed by atoms with E-state index < -0.39 is 9.84 Å². The summed E-state index contributed by atoms with van der Waals surface area (Å²) in [6, 6.07) is 0. The molecule has 0 aromatic rings. The van der Waals surface area contributed by atoms with Gasteiger partial charge >= 0.3 is 0 Å². The smallest absolute Gasteiger partial charge is 0.151 e. The summed E-state index contributed by atoms with van der Waals surface area (Å²) in [7, 11) is -2.95. The van der Waals surface area contributed by atoms with Crippen molar-refractivity contribution >= 4 is 9.84 Å². The van der Waals surface area contributed by atoms with Crippen LogP contribution in [0.1, 0.15) is 47.5 Å². The molecular formula is C14H31NO3S. The van der Waals surface area contributed by atoms with Gasteiger partial charge in [0.2, 0.25) is 0 Å². The Kier molecular flexibility index (Phi) is 8.86. The van der Waals surface area contributed by atoms with Gasteiger partial charge in [0.15, 0.2) is 9.84 Å². The zero-order valence-corrected chi connectivity index (χ0v) is 14.0. The predicted molar refractivity (Wildman–Crippen MR) is 81.3 cm³/mol. The average molecular weight is 293 g/mol. The molecular weight excluding hydrogens is 262 g/mol. The summed E-state index contributed by atoms with van der Waals surface area (Å²) in [6.07, 6.45) is 1.62. The van der Waals surface area contributed by atoms with Crippen molar-refractivity contribution in [1.29, 1.82) is 0 Å². The maximum Gasteiger partial charge on any atom is 0.151 e. The van der Waals surface area contributed by atoms with Gasteiger partial charge in [-0.15, -0.1) is 0 Å². The molecule has 0 aliphatic heterocycles. The third-order valence-corrected chi connectivity index (χ3v) is 4.39. The molecule has 0 atom stereocenters. The van der Waals surface area contributed by atoms with Gasteiger partial charge in [-0.05, 0) is 39.5 Å². The lowest BCUT2D eigenvalue weighted by atomic mass is 10.1. The molecule has 0 aliphatic carbocycles. The Morgan fingerprint density at radius 2 is 1.74 bits per heavy atom. The Balaban J connectivity index is 3.63. The van der Waals surface area contributed by atoms with Crippen molar-refractivity contribution < 1.29 is 13.2 Å². The summed E-state index contributed by atoms with van der Waals surface area (Å²) in [4.78, 5) is 0. The van der Waals surface area contributed by atoms with Gasteiger partial charge in [-0.1, -0.05) is 13.8 Å². The highest BCUT2D eigenvalue weighted by atomic mass is 32.2. The number of ether oxygens (including phenoxy) is 1. The van der Waals surface area contributed by atoms with Gasteiger partial charge in [0.1, 0.15) is 0 Å². The Morgan fingerprint density at radius 3 is 2.26 bits per heavy atom. The molecule has 0 saturated carbocycles. The van der Waals surface area contributed by atoms with Gasteiger partial charge in [-0.25, -0.2) is 8.42 Å². The van der Waals surface area contributed by atoms with Crippen LogP contribution < -0.4 is 5.32 Å². The third kappa shape index (κ3) is 14.1.